The lowest BCUT2D eigenvalue weighted by Crippen LogP contribution is -2.47. The van der Waals surface area contributed by atoms with E-state index >= 15 is 0 Å². The Hall–Kier alpha value is -1.62. The van der Waals surface area contributed by atoms with Crippen molar-refractivity contribution in [3.63, 3.8) is 0 Å². The summed E-state index contributed by atoms with van der Waals surface area (Å²) >= 11 is 0. The Balaban J connectivity index is 2.58. The number of nitrogens with two attached hydrogens (primary N) is 1. The summed E-state index contributed by atoms with van der Waals surface area (Å²) in [6, 6.07) is 6.02. The number of halogens is 1. The average Bonchev–Trinajstić information content (AvgIpc) is 2.27. The van der Waals surface area contributed by atoms with Crippen molar-refractivity contribution in [1.29, 1.82) is 0 Å². The first-order chi connectivity index (χ1) is 7.83. The molecular formula is C12H17FN2O2. The maximum atomic E-state index is 12.7. The highest BCUT2D eigenvalue weighted by atomic mass is 19.1. The van der Waals surface area contributed by atoms with Crippen LogP contribution >= 0.6 is 0 Å². The van der Waals surface area contributed by atoms with Gasteiger partial charge in [-0.15, -0.1) is 0 Å². The van der Waals surface area contributed by atoms with Gasteiger partial charge in [-0.05, 0) is 37.6 Å². The lowest BCUT2D eigenvalue weighted by Gasteiger charge is -2.25. The van der Waals surface area contributed by atoms with E-state index < -0.39 is 11.5 Å². The number of hydrogen-bond acceptors (Lipinski definition) is 3. The van der Waals surface area contributed by atoms with Crippen LogP contribution in [0.1, 0.15) is 13.3 Å². The van der Waals surface area contributed by atoms with Crippen molar-refractivity contribution in [2.24, 2.45) is 5.73 Å². The molecule has 3 N–H and O–H groups in total. The molecule has 0 bridgehead atoms. The van der Waals surface area contributed by atoms with Gasteiger partial charge in [0.1, 0.15) is 11.4 Å². The van der Waals surface area contributed by atoms with Gasteiger partial charge in [-0.25, -0.2) is 4.39 Å². The number of carbonyl (C=O) groups is 1. The van der Waals surface area contributed by atoms with E-state index in [1.807, 2.05) is 11.9 Å². The summed E-state index contributed by atoms with van der Waals surface area (Å²) in [6.07, 6.45) is 0.316. The number of carboxylic acids is 1. The zero-order valence-corrected chi connectivity index (χ0v) is 9.98. The van der Waals surface area contributed by atoms with Crippen LogP contribution in [0.15, 0.2) is 24.3 Å². The summed E-state index contributed by atoms with van der Waals surface area (Å²) in [5, 5.41) is 8.87. The highest BCUT2D eigenvalue weighted by molar-refractivity contribution is 5.77. The van der Waals surface area contributed by atoms with Crippen LogP contribution in [-0.2, 0) is 4.79 Å². The predicted molar refractivity (Wildman–Crippen MR) is 64.5 cm³/mol. The molecule has 0 aliphatic carbocycles. The Bertz CT molecular complexity index is 390. The minimum Gasteiger partial charge on any atom is -0.480 e. The van der Waals surface area contributed by atoms with Crippen LogP contribution in [0.25, 0.3) is 0 Å². The van der Waals surface area contributed by atoms with Crippen LogP contribution in [-0.4, -0.2) is 30.2 Å². The summed E-state index contributed by atoms with van der Waals surface area (Å²) in [5.74, 6) is -1.32. The smallest absolute Gasteiger partial charge is 0.323 e. The third-order valence-electron chi connectivity index (χ3n) is 2.72. The first-order valence-corrected chi connectivity index (χ1v) is 5.32. The number of nitrogens with zero attached hydrogens (tertiary/aromatic N) is 1. The molecule has 0 heterocycles. The normalized spacial score (nSPS) is 14.1. The van der Waals surface area contributed by atoms with Crippen LogP contribution < -0.4 is 10.6 Å². The van der Waals surface area contributed by atoms with Gasteiger partial charge >= 0.3 is 5.97 Å². The SMILES string of the molecule is CN(CCC(C)(N)C(=O)O)c1ccc(F)cc1. The van der Waals surface area contributed by atoms with Gasteiger partial charge in [0, 0.05) is 19.3 Å². The molecule has 1 unspecified atom stereocenters. The van der Waals surface area contributed by atoms with Gasteiger partial charge in [-0.3, -0.25) is 4.79 Å². The van der Waals surface area contributed by atoms with Crippen LogP contribution in [0.3, 0.4) is 0 Å². The molecule has 1 aromatic carbocycles. The summed E-state index contributed by atoms with van der Waals surface area (Å²) in [4.78, 5) is 12.7. The second-order valence-electron chi connectivity index (χ2n) is 4.37. The first-order valence-electron chi connectivity index (χ1n) is 5.32. The molecule has 0 radical (unpaired) electrons. The Labute approximate surface area is 99.8 Å². The third kappa shape index (κ3) is 3.71. The van der Waals surface area contributed by atoms with Crippen LogP contribution in [0.5, 0.6) is 0 Å². The quantitative estimate of drug-likeness (QED) is 0.817. The second-order valence-corrected chi connectivity index (χ2v) is 4.37. The topological polar surface area (TPSA) is 66.6 Å². The van der Waals surface area contributed by atoms with Gasteiger partial charge in [0.15, 0.2) is 0 Å². The molecular weight excluding hydrogens is 223 g/mol. The summed E-state index contributed by atoms with van der Waals surface area (Å²) < 4.78 is 12.7. The standard InChI is InChI=1S/C12H17FN2O2/c1-12(14,11(16)17)7-8-15(2)10-5-3-9(13)4-6-10/h3-6H,7-8,14H2,1-2H3,(H,16,17). The molecule has 4 nitrogen and oxygen atoms in total. The van der Waals surface area contributed by atoms with E-state index in [2.05, 4.69) is 0 Å². The number of anilines is 1. The number of rotatable bonds is 5. The Morgan fingerprint density at radius 2 is 2.00 bits per heavy atom. The lowest BCUT2D eigenvalue weighted by molar-refractivity contribution is -0.142. The molecule has 0 aromatic heterocycles. The molecule has 1 rings (SSSR count). The third-order valence-corrected chi connectivity index (χ3v) is 2.72. The number of aliphatic carboxylic acids is 1. The molecule has 0 amide bonds. The Morgan fingerprint density at radius 1 is 1.47 bits per heavy atom. The number of carboxylic acid groups (broad SMARTS) is 1. The zero-order valence-electron chi connectivity index (χ0n) is 9.98. The van der Waals surface area contributed by atoms with Crippen molar-refractivity contribution in [2.75, 3.05) is 18.5 Å². The van der Waals surface area contributed by atoms with Crippen LogP contribution in [0.2, 0.25) is 0 Å². The fourth-order valence-electron chi connectivity index (χ4n) is 1.33. The average molecular weight is 240 g/mol. The van der Waals surface area contributed by atoms with E-state index in [1.54, 1.807) is 12.1 Å². The van der Waals surface area contributed by atoms with Gasteiger partial charge in [-0.2, -0.15) is 0 Å². The van der Waals surface area contributed by atoms with E-state index in [-0.39, 0.29) is 5.82 Å². The molecule has 0 saturated carbocycles. The maximum absolute atomic E-state index is 12.7. The Kier molecular flexibility index (Phi) is 4.07. The number of hydrogen-bond donors (Lipinski definition) is 2. The zero-order chi connectivity index (χ0) is 13.1. The minimum atomic E-state index is -1.24. The first kappa shape index (κ1) is 13.4. The van der Waals surface area contributed by atoms with Crippen molar-refractivity contribution in [1.82, 2.24) is 0 Å². The summed E-state index contributed by atoms with van der Waals surface area (Å²) in [5.41, 5.74) is 5.21. The van der Waals surface area contributed by atoms with E-state index in [0.29, 0.717) is 13.0 Å². The fourth-order valence-corrected chi connectivity index (χ4v) is 1.33. The van der Waals surface area contributed by atoms with Crippen LogP contribution in [0.4, 0.5) is 10.1 Å². The summed E-state index contributed by atoms with van der Waals surface area (Å²) in [6.45, 7) is 1.97. The molecule has 0 spiro atoms. The highest BCUT2D eigenvalue weighted by Crippen LogP contribution is 2.15. The molecule has 1 aromatic rings. The van der Waals surface area contributed by atoms with Gasteiger partial charge in [0.05, 0.1) is 0 Å². The lowest BCUT2D eigenvalue weighted by atomic mass is 9.99. The van der Waals surface area contributed by atoms with Crippen molar-refractivity contribution in [3.05, 3.63) is 30.1 Å². The molecule has 1 atom stereocenters. The molecule has 94 valence electrons. The molecule has 0 aliphatic rings. The highest BCUT2D eigenvalue weighted by Gasteiger charge is 2.27. The Morgan fingerprint density at radius 3 is 2.47 bits per heavy atom. The van der Waals surface area contributed by atoms with Crippen molar-refractivity contribution >= 4 is 11.7 Å². The van der Waals surface area contributed by atoms with Gasteiger partial charge in [0.2, 0.25) is 0 Å². The van der Waals surface area contributed by atoms with E-state index in [1.165, 1.54) is 19.1 Å². The second kappa shape index (κ2) is 5.14. The van der Waals surface area contributed by atoms with E-state index in [9.17, 15) is 9.18 Å². The van der Waals surface area contributed by atoms with Crippen LogP contribution in [0, 0.1) is 5.82 Å². The van der Waals surface area contributed by atoms with Crippen molar-refractivity contribution < 1.29 is 14.3 Å². The molecule has 0 saturated heterocycles. The van der Waals surface area contributed by atoms with Gasteiger partial charge < -0.3 is 15.7 Å². The van der Waals surface area contributed by atoms with Gasteiger partial charge in [-0.1, -0.05) is 0 Å². The van der Waals surface area contributed by atoms with E-state index in [0.717, 1.165) is 5.69 Å². The molecule has 5 heteroatoms. The predicted octanol–water partition coefficient (Wildman–Crippen LogP) is 1.45. The molecule has 0 fully saturated rings. The van der Waals surface area contributed by atoms with Gasteiger partial charge in [0.25, 0.3) is 0 Å². The minimum absolute atomic E-state index is 0.295. The van der Waals surface area contributed by atoms with Crippen molar-refractivity contribution in [2.45, 2.75) is 18.9 Å². The molecule has 17 heavy (non-hydrogen) atoms. The van der Waals surface area contributed by atoms with Crippen molar-refractivity contribution in [3.8, 4) is 0 Å². The molecule has 0 aliphatic heterocycles. The fraction of sp³-hybridized carbons (Fsp3) is 0.417. The monoisotopic (exact) mass is 240 g/mol. The maximum Gasteiger partial charge on any atom is 0.323 e. The van der Waals surface area contributed by atoms with E-state index in [4.69, 9.17) is 10.8 Å². The largest absolute Gasteiger partial charge is 0.480 e. The summed E-state index contributed by atoms with van der Waals surface area (Å²) in [7, 11) is 1.81. The number of benzene rings is 1.